The third-order valence-electron chi connectivity index (χ3n) is 2.36. The van der Waals surface area contributed by atoms with Crippen LogP contribution in [0.3, 0.4) is 0 Å². The molecule has 0 aliphatic carbocycles. The lowest BCUT2D eigenvalue weighted by Crippen LogP contribution is -2.03. The van der Waals surface area contributed by atoms with E-state index < -0.39 is 0 Å². The van der Waals surface area contributed by atoms with Crippen molar-refractivity contribution in [2.45, 2.75) is 0 Å². The highest BCUT2D eigenvalue weighted by atomic mass is 79.9. The first-order chi connectivity index (χ1) is 8.29. The van der Waals surface area contributed by atoms with Crippen molar-refractivity contribution in [2.24, 2.45) is 0 Å². The Labute approximate surface area is 109 Å². The van der Waals surface area contributed by atoms with Gasteiger partial charge in [-0.05, 0) is 37.4 Å². The van der Waals surface area contributed by atoms with Gasteiger partial charge in [0.15, 0.2) is 0 Å². The summed E-state index contributed by atoms with van der Waals surface area (Å²) >= 11 is 3.42. The molecule has 1 heterocycles. The van der Waals surface area contributed by atoms with Gasteiger partial charge in [-0.2, -0.15) is 0 Å². The Morgan fingerprint density at radius 1 is 1.18 bits per heavy atom. The van der Waals surface area contributed by atoms with Crippen LogP contribution in [-0.2, 0) is 0 Å². The molecule has 2 aromatic rings. The van der Waals surface area contributed by atoms with Crippen LogP contribution in [0.1, 0.15) is 5.76 Å². The highest BCUT2D eigenvalue weighted by molar-refractivity contribution is 9.10. The maximum Gasteiger partial charge on any atom is 0.134 e. The first kappa shape index (κ1) is 12.1. The Morgan fingerprint density at radius 2 is 1.94 bits per heavy atom. The second-order valence-electron chi connectivity index (χ2n) is 3.67. The molecule has 2 nitrogen and oxygen atoms in total. The maximum absolute atomic E-state index is 5.73. The molecule has 1 aromatic carbocycles. The molecule has 1 N–H and O–H groups in total. The van der Waals surface area contributed by atoms with E-state index in [1.165, 1.54) is 0 Å². The van der Waals surface area contributed by atoms with Gasteiger partial charge in [-0.15, -0.1) is 0 Å². The number of hydrogen-bond acceptors (Lipinski definition) is 2. The second-order valence-corrected chi connectivity index (χ2v) is 4.58. The van der Waals surface area contributed by atoms with Crippen LogP contribution in [0.25, 0.3) is 17.4 Å². The molecule has 0 atom stereocenters. The summed E-state index contributed by atoms with van der Waals surface area (Å²) in [4.78, 5) is 0. The quantitative estimate of drug-likeness (QED) is 0.923. The topological polar surface area (TPSA) is 25.2 Å². The molecule has 0 saturated carbocycles. The van der Waals surface area contributed by atoms with Crippen molar-refractivity contribution in [3.63, 3.8) is 0 Å². The average Bonchev–Trinajstić information content (AvgIpc) is 2.79. The number of rotatable bonds is 4. The molecule has 0 fully saturated rings. The summed E-state index contributed by atoms with van der Waals surface area (Å²) < 4.78 is 6.80. The van der Waals surface area contributed by atoms with Gasteiger partial charge in [-0.1, -0.05) is 34.1 Å². The van der Waals surface area contributed by atoms with Crippen LogP contribution in [-0.4, -0.2) is 13.6 Å². The van der Waals surface area contributed by atoms with Crippen LogP contribution in [0.2, 0.25) is 0 Å². The highest BCUT2D eigenvalue weighted by Gasteiger charge is 2.02. The minimum atomic E-state index is 0.842. The predicted octanol–water partition coefficient (Wildman–Crippen LogP) is 3.94. The fourth-order valence-corrected chi connectivity index (χ4v) is 1.77. The van der Waals surface area contributed by atoms with Crippen LogP contribution < -0.4 is 5.32 Å². The Morgan fingerprint density at radius 3 is 2.65 bits per heavy atom. The predicted molar refractivity (Wildman–Crippen MR) is 74.8 cm³/mol. The van der Waals surface area contributed by atoms with Gasteiger partial charge < -0.3 is 9.73 Å². The molecular formula is C14H14BrNO. The van der Waals surface area contributed by atoms with E-state index >= 15 is 0 Å². The largest absolute Gasteiger partial charge is 0.457 e. The smallest absolute Gasteiger partial charge is 0.134 e. The molecule has 0 saturated heterocycles. The fraction of sp³-hybridized carbons (Fsp3) is 0.143. The maximum atomic E-state index is 5.73. The van der Waals surface area contributed by atoms with Crippen LogP contribution >= 0.6 is 15.9 Å². The van der Waals surface area contributed by atoms with Gasteiger partial charge >= 0.3 is 0 Å². The molecule has 0 bridgehead atoms. The zero-order valence-electron chi connectivity index (χ0n) is 9.61. The van der Waals surface area contributed by atoms with Gasteiger partial charge in [-0.3, -0.25) is 0 Å². The zero-order chi connectivity index (χ0) is 12.1. The first-order valence-corrected chi connectivity index (χ1v) is 6.26. The molecule has 0 spiro atoms. The number of benzene rings is 1. The Kier molecular flexibility index (Phi) is 4.18. The van der Waals surface area contributed by atoms with Crippen molar-refractivity contribution < 1.29 is 4.42 Å². The summed E-state index contributed by atoms with van der Waals surface area (Å²) in [5, 5.41) is 3.05. The molecule has 2 rings (SSSR count). The number of halogens is 1. The monoisotopic (exact) mass is 291 g/mol. The lowest BCUT2D eigenvalue weighted by atomic mass is 10.2. The molecule has 0 radical (unpaired) electrons. The Bertz CT molecular complexity index is 499. The molecule has 3 heteroatoms. The molecule has 17 heavy (non-hydrogen) atoms. The van der Waals surface area contributed by atoms with Gasteiger partial charge in [0.05, 0.1) is 0 Å². The summed E-state index contributed by atoms with van der Waals surface area (Å²) in [6.07, 6.45) is 4.00. The molecule has 0 aliphatic heterocycles. The number of likely N-dealkylation sites (N-methyl/N-ethyl adjacent to an activating group) is 1. The van der Waals surface area contributed by atoms with Crippen molar-refractivity contribution >= 4 is 22.0 Å². The fourth-order valence-electron chi connectivity index (χ4n) is 1.50. The van der Waals surface area contributed by atoms with Crippen LogP contribution in [0.5, 0.6) is 0 Å². The summed E-state index contributed by atoms with van der Waals surface area (Å²) in [5.74, 6) is 1.76. The van der Waals surface area contributed by atoms with Crippen LogP contribution in [0.15, 0.2) is 51.4 Å². The van der Waals surface area contributed by atoms with Gasteiger partial charge in [0, 0.05) is 16.6 Å². The SMILES string of the molecule is CNCC=Cc1ccc(-c2ccc(Br)cc2)o1. The summed E-state index contributed by atoms with van der Waals surface area (Å²) in [7, 11) is 1.92. The summed E-state index contributed by atoms with van der Waals surface area (Å²) in [5.41, 5.74) is 1.08. The zero-order valence-corrected chi connectivity index (χ0v) is 11.2. The molecular weight excluding hydrogens is 278 g/mol. The first-order valence-electron chi connectivity index (χ1n) is 5.46. The lowest BCUT2D eigenvalue weighted by Gasteiger charge is -1.96. The number of hydrogen-bond donors (Lipinski definition) is 1. The summed E-state index contributed by atoms with van der Waals surface area (Å²) in [6, 6.07) is 12.0. The number of nitrogens with one attached hydrogen (secondary N) is 1. The molecule has 0 unspecified atom stereocenters. The van der Waals surface area contributed by atoms with Crippen LogP contribution in [0, 0.1) is 0 Å². The van der Waals surface area contributed by atoms with E-state index in [0.717, 1.165) is 28.1 Å². The van der Waals surface area contributed by atoms with Gasteiger partial charge in [-0.25, -0.2) is 0 Å². The van der Waals surface area contributed by atoms with E-state index in [9.17, 15) is 0 Å². The van der Waals surface area contributed by atoms with Crippen molar-refractivity contribution in [2.75, 3.05) is 13.6 Å². The van der Waals surface area contributed by atoms with Crippen molar-refractivity contribution in [1.29, 1.82) is 0 Å². The highest BCUT2D eigenvalue weighted by Crippen LogP contribution is 2.24. The van der Waals surface area contributed by atoms with E-state index in [-0.39, 0.29) is 0 Å². The van der Waals surface area contributed by atoms with Gasteiger partial charge in [0.2, 0.25) is 0 Å². The van der Waals surface area contributed by atoms with E-state index in [1.54, 1.807) is 0 Å². The summed E-state index contributed by atoms with van der Waals surface area (Å²) in [6.45, 7) is 0.842. The minimum Gasteiger partial charge on any atom is -0.457 e. The molecule has 88 valence electrons. The molecule has 0 aliphatic rings. The lowest BCUT2D eigenvalue weighted by molar-refractivity contribution is 0.571. The van der Waals surface area contributed by atoms with E-state index in [0.29, 0.717) is 0 Å². The number of furan rings is 1. The standard InChI is InChI=1S/C14H14BrNO/c1-16-10-2-3-13-8-9-14(17-13)11-4-6-12(15)7-5-11/h2-9,16H,10H2,1H3. The van der Waals surface area contributed by atoms with Gasteiger partial charge in [0.1, 0.15) is 11.5 Å². The normalized spacial score (nSPS) is 11.2. The van der Waals surface area contributed by atoms with E-state index in [4.69, 9.17) is 4.42 Å². The van der Waals surface area contributed by atoms with Gasteiger partial charge in [0.25, 0.3) is 0 Å². The second kappa shape index (κ2) is 5.84. The van der Waals surface area contributed by atoms with Crippen molar-refractivity contribution in [1.82, 2.24) is 5.32 Å². The van der Waals surface area contributed by atoms with Crippen molar-refractivity contribution in [3.05, 3.63) is 52.7 Å². The minimum absolute atomic E-state index is 0.842. The molecule has 0 amide bonds. The Balaban J connectivity index is 2.15. The molecule has 1 aromatic heterocycles. The van der Waals surface area contributed by atoms with E-state index in [1.807, 2.05) is 55.6 Å². The Hall–Kier alpha value is -1.32. The average molecular weight is 292 g/mol. The van der Waals surface area contributed by atoms with Crippen LogP contribution in [0.4, 0.5) is 0 Å². The van der Waals surface area contributed by atoms with E-state index in [2.05, 4.69) is 21.2 Å². The van der Waals surface area contributed by atoms with Crippen molar-refractivity contribution in [3.8, 4) is 11.3 Å². The third-order valence-corrected chi connectivity index (χ3v) is 2.89. The third kappa shape index (κ3) is 3.32.